The predicted molar refractivity (Wildman–Crippen MR) is 109 cm³/mol. The lowest BCUT2D eigenvalue weighted by Gasteiger charge is -2.08. The molecular weight excluding hydrogens is 352 g/mol. The largest absolute Gasteiger partial charge is 0.462 e. The molecule has 0 spiro atoms. The minimum absolute atomic E-state index is 0.311. The summed E-state index contributed by atoms with van der Waals surface area (Å²) in [5, 5.41) is 0. The van der Waals surface area contributed by atoms with Crippen molar-refractivity contribution in [3.8, 4) is 5.75 Å². The molecule has 3 rings (SSSR count). The summed E-state index contributed by atoms with van der Waals surface area (Å²) in [6, 6.07) is 23.3. The highest BCUT2D eigenvalue weighted by molar-refractivity contribution is 5.98. The van der Waals surface area contributed by atoms with Crippen LogP contribution in [0.5, 0.6) is 5.75 Å². The van der Waals surface area contributed by atoms with Crippen LogP contribution in [0.2, 0.25) is 0 Å². The second-order valence-corrected chi connectivity index (χ2v) is 5.93. The first kappa shape index (κ1) is 19.1. The molecule has 0 fully saturated rings. The molecule has 3 aromatic rings. The third-order valence-corrected chi connectivity index (χ3v) is 4.03. The molecule has 0 aliphatic rings. The number of benzene rings is 3. The molecule has 3 aromatic carbocycles. The molecule has 0 radical (unpaired) electrons. The van der Waals surface area contributed by atoms with Crippen LogP contribution in [-0.2, 0) is 4.74 Å². The topological polar surface area (TPSA) is 52.6 Å². The van der Waals surface area contributed by atoms with Crippen LogP contribution in [0.3, 0.4) is 0 Å². The van der Waals surface area contributed by atoms with Crippen LogP contribution < -0.4 is 4.74 Å². The van der Waals surface area contributed by atoms with E-state index in [1.54, 1.807) is 67.6 Å². The number of rotatable bonds is 6. The van der Waals surface area contributed by atoms with Gasteiger partial charge in [-0.05, 0) is 42.3 Å². The van der Waals surface area contributed by atoms with Crippen molar-refractivity contribution in [3.63, 3.8) is 0 Å². The molecule has 4 nitrogen and oxygen atoms in total. The Labute approximate surface area is 164 Å². The summed E-state index contributed by atoms with van der Waals surface area (Å²) in [6.07, 6.45) is 3.58. The molecule has 0 unspecified atom stereocenters. The first-order chi connectivity index (χ1) is 13.7. The van der Waals surface area contributed by atoms with Gasteiger partial charge in [-0.25, -0.2) is 9.59 Å². The van der Waals surface area contributed by atoms with Gasteiger partial charge in [-0.1, -0.05) is 66.7 Å². The van der Waals surface area contributed by atoms with E-state index in [1.807, 2.05) is 30.3 Å². The van der Waals surface area contributed by atoms with Gasteiger partial charge in [0, 0.05) is 0 Å². The standard InChI is InChI=1S/C24H20O4/c1-2-27-23(25)21-14-8-6-10-18(21)16-17-19-11-7-9-15-22(19)24(26)28-20-12-4-3-5-13-20/h3-17H,2H2,1H3/b17-16-. The van der Waals surface area contributed by atoms with Crippen LogP contribution in [0, 0.1) is 0 Å². The summed E-state index contributed by atoms with van der Waals surface area (Å²) in [5.41, 5.74) is 2.33. The molecular formula is C24H20O4. The van der Waals surface area contributed by atoms with Crippen molar-refractivity contribution in [1.82, 2.24) is 0 Å². The molecule has 28 heavy (non-hydrogen) atoms. The summed E-state index contributed by atoms with van der Waals surface area (Å²) in [7, 11) is 0. The van der Waals surface area contributed by atoms with Gasteiger partial charge in [-0.3, -0.25) is 0 Å². The minimum atomic E-state index is -0.440. The van der Waals surface area contributed by atoms with Crippen molar-refractivity contribution >= 4 is 24.1 Å². The third kappa shape index (κ3) is 4.74. The van der Waals surface area contributed by atoms with Crippen LogP contribution in [0.1, 0.15) is 38.8 Å². The number of hydrogen-bond donors (Lipinski definition) is 0. The zero-order chi connectivity index (χ0) is 19.8. The van der Waals surface area contributed by atoms with Gasteiger partial charge in [0.1, 0.15) is 5.75 Å². The van der Waals surface area contributed by atoms with E-state index in [2.05, 4.69) is 0 Å². The second-order valence-electron chi connectivity index (χ2n) is 5.93. The van der Waals surface area contributed by atoms with E-state index in [0.717, 1.165) is 0 Å². The Balaban J connectivity index is 1.86. The van der Waals surface area contributed by atoms with Gasteiger partial charge in [0.2, 0.25) is 0 Å². The number of carbonyl (C=O) groups is 2. The van der Waals surface area contributed by atoms with E-state index in [9.17, 15) is 9.59 Å². The van der Waals surface area contributed by atoms with Gasteiger partial charge in [0.15, 0.2) is 0 Å². The van der Waals surface area contributed by atoms with Gasteiger partial charge in [0.05, 0.1) is 17.7 Å². The van der Waals surface area contributed by atoms with Crippen LogP contribution in [0.25, 0.3) is 12.2 Å². The molecule has 0 aliphatic heterocycles. The zero-order valence-corrected chi connectivity index (χ0v) is 15.5. The Hall–Kier alpha value is -3.66. The fraction of sp³-hybridized carbons (Fsp3) is 0.0833. The lowest BCUT2D eigenvalue weighted by molar-refractivity contribution is 0.0525. The van der Waals surface area contributed by atoms with Crippen molar-refractivity contribution in [2.24, 2.45) is 0 Å². The maximum atomic E-state index is 12.6. The quantitative estimate of drug-likeness (QED) is 0.337. The van der Waals surface area contributed by atoms with Crippen LogP contribution in [0.15, 0.2) is 78.9 Å². The summed E-state index contributed by atoms with van der Waals surface area (Å²) in [6.45, 7) is 2.08. The van der Waals surface area contributed by atoms with Crippen LogP contribution >= 0.6 is 0 Å². The molecule has 0 saturated carbocycles. The Morgan fingerprint density at radius 1 is 0.714 bits per heavy atom. The molecule has 0 N–H and O–H groups in total. The molecule has 0 aromatic heterocycles. The molecule has 4 heteroatoms. The highest BCUT2D eigenvalue weighted by atomic mass is 16.5. The second kappa shape index (κ2) is 9.33. The summed E-state index contributed by atoms with van der Waals surface area (Å²) in [5.74, 6) is -0.330. The van der Waals surface area contributed by atoms with E-state index >= 15 is 0 Å². The highest BCUT2D eigenvalue weighted by Gasteiger charge is 2.13. The normalized spacial score (nSPS) is 10.6. The minimum Gasteiger partial charge on any atom is -0.462 e. The van der Waals surface area contributed by atoms with Gasteiger partial charge < -0.3 is 9.47 Å². The van der Waals surface area contributed by atoms with Crippen LogP contribution in [-0.4, -0.2) is 18.5 Å². The fourth-order valence-corrected chi connectivity index (χ4v) is 2.70. The van der Waals surface area contributed by atoms with Crippen molar-refractivity contribution in [2.75, 3.05) is 6.61 Å². The molecule has 0 bridgehead atoms. The maximum Gasteiger partial charge on any atom is 0.344 e. The van der Waals surface area contributed by atoms with E-state index in [0.29, 0.717) is 34.6 Å². The van der Waals surface area contributed by atoms with Gasteiger partial charge in [0.25, 0.3) is 0 Å². The molecule has 0 amide bonds. The van der Waals surface area contributed by atoms with Gasteiger partial charge in [-0.15, -0.1) is 0 Å². The van der Waals surface area contributed by atoms with Crippen LogP contribution in [0.4, 0.5) is 0 Å². The summed E-state index contributed by atoms with van der Waals surface area (Å²) < 4.78 is 10.5. The van der Waals surface area contributed by atoms with E-state index in [1.165, 1.54) is 0 Å². The smallest absolute Gasteiger partial charge is 0.344 e. The maximum absolute atomic E-state index is 12.6. The Bertz CT molecular complexity index is 990. The SMILES string of the molecule is CCOC(=O)c1ccccc1/C=C\c1ccccc1C(=O)Oc1ccccc1. The summed E-state index contributed by atoms with van der Waals surface area (Å²) >= 11 is 0. The fourth-order valence-electron chi connectivity index (χ4n) is 2.70. The molecule has 0 atom stereocenters. The Morgan fingerprint density at radius 3 is 1.79 bits per heavy atom. The number of ether oxygens (including phenoxy) is 2. The van der Waals surface area contributed by atoms with E-state index in [-0.39, 0.29) is 5.97 Å². The van der Waals surface area contributed by atoms with E-state index < -0.39 is 5.97 Å². The third-order valence-electron chi connectivity index (χ3n) is 4.03. The Kier molecular flexibility index (Phi) is 6.37. The monoisotopic (exact) mass is 372 g/mol. The number of carbonyl (C=O) groups excluding carboxylic acids is 2. The van der Waals surface area contributed by atoms with Crippen molar-refractivity contribution in [2.45, 2.75) is 6.92 Å². The first-order valence-electron chi connectivity index (χ1n) is 8.99. The van der Waals surface area contributed by atoms with Gasteiger partial charge >= 0.3 is 11.9 Å². The average molecular weight is 372 g/mol. The molecule has 0 aliphatic carbocycles. The van der Waals surface area contributed by atoms with Crippen molar-refractivity contribution < 1.29 is 19.1 Å². The number of para-hydroxylation sites is 1. The molecule has 0 heterocycles. The highest BCUT2D eigenvalue weighted by Crippen LogP contribution is 2.19. The predicted octanol–water partition coefficient (Wildman–Crippen LogP) is 5.25. The zero-order valence-electron chi connectivity index (χ0n) is 15.5. The Morgan fingerprint density at radius 2 is 1.21 bits per heavy atom. The lowest BCUT2D eigenvalue weighted by Crippen LogP contribution is -2.10. The van der Waals surface area contributed by atoms with Crippen molar-refractivity contribution in [1.29, 1.82) is 0 Å². The van der Waals surface area contributed by atoms with E-state index in [4.69, 9.17) is 9.47 Å². The number of hydrogen-bond acceptors (Lipinski definition) is 4. The molecule has 0 saturated heterocycles. The van der Waals surface area contributed by atoms with Gasteiger partial charge in [-0.2, -0.15) is 0 Å². The van der Waals surface area contributed by atoms with Crippen molar-refractivity contribution in [3.05, 3.63) is 101 Å². The average Bonchev–Trinajstić information content (AvgIpc) is 2.73. The lowest BCUT2D eigenvalue weighted by atomic mass is 10.0. The number of esters is 2. The summed E-state index contributed by atoms with van der Waals surface area (Å²) in [4.78, 5) is 24.7. The molecule has 140 valence electrons. The first-order valence-corrected chi connectivity index (χ1v) is 8.99.